The molecule has 0 aliphatic carbocycles. The van der Waals surface area contributed by atoms with Crippen LogP contribution in [0.25, 0.3) is 16.9 Å². The quantitative estimate of drug-likeness (QED) is 0.279. The van der Waals surface area contributed by atoms with E-state index in [0.29, 0.717) is 5.75 Å². The molecule has 174 valence electrons. The first-order valence-corrected chi connectivity index (χ1v) is 9.91. The molecule has 34 heavy (non-hydrogen) atoms. The molecule has 0 aliphatic rings. The number of ether oxygens (including phenoxy) is 1. The summed E-state index contributed by atoms with van der Waals surface area (Å²) in [6.45, 7) is 0. The largest absolute Gasteiger partial charge is 0.503 e. The van der Waals surface area contributed by atoms with E-state index in [9.17, 15) is 32.6 Å². The summed E-state index contributed by atoms with van der Waals surface area (Å²) in [5.41, 5.74) is -2.14. The fourth-order valence-electron chi connectivity index (χ4n) is 3.63. The van der Waals surface area contributed by atoms with Gasteiger partial charge in [-0.3, -0.25) is 9.36 Å². The van der Waals surface area contributed by atoms with Crippen molar-refractivity contribution in [2.45, 2.75) is 6.18 Å². The molecule has 0 spiro atoms. The van der Waals surface area contributed by atoms with E-state index in [2.05, 4.69) is 0 Å². The Morgan fingerprint density at radius 2 is 1.62 bits per heavy atom. The summed E-state index contributed by atoms with van der Waals surface area (Å²) in [4.78, 5) is 13.4. The maximum Gasteiger partial charge on any atom is 0.416 e. The third-order valence-electron chi connectivity index (χ3n) is 5.26. The van der Waals surface area contributed by atoms with E-state index in [1.165, 1.54) is 55.6 Å². The second-order valence-electron chi connectivity index (χ2n) is 7.32. The molecule has 0 amide bonds. The SMILES string of the molecule is COc1ccc(C(=O)c2c(O)c(O)n(-c3cccc(C(F)(F)F)c3)c2-c2ccccc2F)cc1. The maximum atomic E-state index is 14.8. The molecular weight excluding hydrogens is 454 g/mol. The standard InChI is InChI=1S/C25H17F4NO4/c1-34-17-11-9-14(10-12-17)22(31)20-21(18-7-2-3-8-19(18)26)30(24(33)23(20)32)16-6-4-5-15(13-16)25(27,28)29/h2-13,32-33H,1H3. The molecule has 0 fully saturated rings. The van der Waals surface area contributed by atoms with E-state index in [-0.39, 0.29) is 22.5 Å². The molecule has 0 aliphatic heterocycles. The van der Waals surface area contributed by atoms with Crippen LogP contribution in [0.2, 0.25) is 0 Å². The van der Waals surface area contributed by atoms with Crippen molar-refractivity contribution < 1.29 is 37.3 Å². The number of ketones is 1. The van der Waals surface area contributed by atoms with Crippen LogP contribution in [0.15, 0.2) is 72.8 Å². The molecule has 1 aromatic heterocycles. The van der Waals surface area contributed by atoms with Crippen LogP contribution in [-0.2, 0) is 6.18 Å². The lowest BCUT2D eigenvalue weighted by molar-refractivity contribution is -0.137. The second-order valence-corrected chi connectivity index (χ2v) is 7.32. The van der Waals surface area contributed by atoms with Crippen molar-refractivity contribution >= 4 is 5.78 Å². The van der Waals surface area contributed by atoms with Crippen molar-refractivity contribution in [3.8, 4) is 34.3 Å². The van der Waals surface area contributed by atoms with Crippen LogP contribution in [0.4, 0.5) is 17.6 Å². The summed E-state index contributed by atoms with van der Waals surface area (Å²) in [7, 11) is 1.44. The van der Waals surface area contributed by atoms with Crippen molar-refractivity contribution in [3.63, 3.8) is 0 Å². The van der Waals surface area contributed by atoms with Gasteiger partial charge in [0.05, 0.1) is 23.9 Å². The number of carbonyl (C=O) groups is 1. The lowest BCUT2D eigenvalue weighted by Crippen LogP contribution is -2.08. The lowest BCUT2D eigenvalue weighted by Gasteiger charge is -2.14. The van der Waals surface area contributed by atoms with Crippen molar-refractivity contribution in [2.24, 2.45) is 0 Å². The zero-order valence-electron chi connectivity index (χ0n) is 17.6. The van der Waals surface area contributed by atoms with Crippen LogP contribution < -0.4 is 4.74 Å². The number of alkyl halides is 3. The van der Waals surface area contributed by atoms with Crippen LogP contribution in [-0.4, -0.2) is 27.7 Å². The Morgan fingerprint density at radius 3 is 2.24 bits per heavy atom. The summed E-state index contributed by atoms with van der Waals surface area (Å²) < 4.78 is 60.7. The highest BCUT2D eigenvalue weighted by Crippen LogP contribution is 2.45. The minimum Gasteiger partial charge on any atom is -0.503 e. The highest BCUT2D eigenvalue weighted by Gasteiger charge is 2.33. The fourth-order valence-corrected chi connectivity index (χ4v) is 3.63. The van der Waals surface area contributed by atoms with E-state index in [1.54, 1.807) is 0 Å². The number of aromatic nitrogens is 1. The zero-order chi connectivity index (χ0) is 24.6. The average Bonchev–Trinajstić information content (AvgIpc) is 3.08. The number of carbonyl (C=O) groups excluding carboxylic acids is 1. The summed E-state index contributed by atoms with van der Waals surface area (Å²) in [6.07, 6.45) is -4.69. The first-order chi connectivity index (χ1) is 16.1. The highest BCUT2D eigenvalue weighted by molar-refractivity contribution is 6.15. The van der Waals surface area contributed by atoms with Gasteiger partial charge in [-0.05, 0) is 54.6 Å². The van der Waals surface area contributed by atoms with Crippen LogP contribution in [0.1, 0.15) is 21.5 Å². The predicted octanol–water partition coefficient (Wildman–Crippen LogP) is 5.95. The van der Waals surface area contributed by atoms with Crippen LogP contribution in [0, 0.1) is 5.82 Å². The van der Waals surface area contributed by atoms with Crippen LogP contribution >= 0.6 is 0 Å². The van der Waals surface area contributed by atoms with E-state index in [4.69, 9.17) is 4.74 Å². The monoisotopic (exact) mass is 471 g/mol. The van der Waals surface area contributed by atoms with Crippen molar-refractivity contribution in [3.05, 3.63) is 95.3 Å². The van der Waals surface area contributed by atoms with Gasteiger partial charge in [0.1, 0.15) is 11.6 Å². The molecule has 4 aromatic rings. The number of aromatic hydroxyl groups is 2. The van der Waals surface area contributed by atoms with Crippen molar-refractivity contribution in [1.82, 2.24) is 4.57 Å². The van der Waals surface area contributed by atoms with E-state index < -0.39 is 40.5 Å². The molecule has 5 nitrogen and oxygen atoms in total. The van der Waals surface area contributed by atoms with Gasteiger partial charge in [0.15, 0.2) is 11.5 Å². The minimum atomic E-state index is -4.69. The van der Waals surface area contributed by atoms with Gasteiger partial charge in [0, 0.05) is 16.8 Å². The topological polar surface area (TPSA) is 71.7 Å². The normalized spacial score (nSPS) is 11.4. The summed E-state index contributed by atoms with van der Waals surface area (Å²) >= 11 is 0. The van der Waals surface area contributed by atoms with Gasteiger partial charge in [0.2, 0.25) is 5.88 Å². The van der Waals surface area contributed by atoms with Crippen LogP contribution in [0.3, 0.4) is 0 Å². The molecule has 0 unspecified atom stereocenters. The third-order valence-corrected chi connectivity index (χ3v) is 5.26. The molecular formula is C25H17F4NO4. The second kappa shape index (κ2) is 8.58. The number of halogens is 4. The first-order valence-electron chi connectivity index (χ1n) is 9.91. The van der Waals surface area contributed by atoms with E-state index >= 15 is 0 Å². The minimum absolute atomic E-state index is 0.0786. The molecule has 0 bridgehead atoms. The Labute approximate surface area is 191 Å². The van der Waals surface area contributed by atoms with Gasteiger partial charge in [0.25, 0.3) is 0 Å². The molecule has 9 heteroatoms. The zero-order valence-corrected chi connectivity index (χ0v) is 17.6. The maximum absolute atomic E-state index is 14.8. The third kappa shape index (κ3) is 3.96. The number of rotatable bonds is 5. The molecule has 0 radical (unpaired) electrons. The van der Waals surface area contributed by atoms with Gasteiger partial charge in [-0.1, -0.05) is 18.2 Å². The molecule has 0 atom stereocenters. The van der Waals surface area contributed by atoms with Gasteiger partial charge in [-0.15, -0.1) is 0 Å². The predicted molar refractivity (Wildman–Crippen MR) is 116 cm³/mol. The first kappa shape index (κ1) is 22.9. The van der Waals surface area contributed by atoms with E-state index in [0.717, 1.165) is 28.8 Å². The smallest absolute Gasteiger partial charge is 0.416 e. The number of benzene rings is 3. The van der Waals surface area contributed by atoms with Crippen molar-refractivity contribution in [2.75, 3.05) is 7.11 Å². The Kier molecular flexibility index (Phi) is 5.78. The lowest BCUT2D eigenvalue weighted by atomic mass is 9.98. The van der Waals surface area contributed by atoms with Gasteiger partial charge in [-0.2, -0.15) is 13.2 Å². The van der Waals surface area contributed by atoms with Gasteiger partial charge < -0.3 is 14.9 Å². The molecule has 4 rings (SSSR count). The highest BCUT2D eigenvalue weighted by atomic mass is 19.4. The number of hydrogen-bond acceptors (Lipinski definition) is 4. The van der Waals surface area contributed by atoms with Gasteiger partial charge >= 0.3 is 6.18 Å². The fraction of sp³-hybridized carbons (Fsp3) is 0.0800. The summed E-state index contributed by atoms with van der Waals surface area (Å²) in [6, 6.07) is 14.9. The number of nitrogens with zero attached hydrogens (tertiary/aromatic N) is 1. The number of methoxy groups -OCH3 is 1. The van der Waals surface area contributed by atoms with Gasteiger partial charge in [-0.25, -0.2) is 4.39 Å². The Morgan fingerprint density at radius 1 is 0.941 bits per heavy atom. The molecule has 1 heterocycles. The molecule has 3 aromatic carbocycles. The Hall–Kier alpha value is -4.27. The Bertz CT molecular complexity index is 1370. The Balaban J connectivity index is 2.02. The molecule has 0 saturated heterocycles. The molecule has 2 N–H and O–H groups in total. The van der Waals surface area contributed by atoms with Crippen molar-refractivity contribution in [1.29, 1.82) is 0 Å². The summed E-state index contributed by atoms with van der Waals surface area (Å²) in [5, 5.41) is 21.4. The van der Waals surface area contributed by atoms with Crippen LogP contribution in [0.5, 0.6) is 17.4 Å². The van der Waals surface area contributed by atoms with E-state index in [1.807, 2.05) is 0 Å². The molecule has 0 saturated carbocycles. The average molecular weight is 471 g/mol. The summed E-state index contributed by atoms with van der Waals surface area (Å²) in [5.74, 6) is -2.93. The number of hydrogen-bond donors (Lipinski definition) is 2.